The predicted octanol–water partition coefficient (Wildman–Crippen LogP) is 14.5. The summed E-state index contributed by atoms with van der Waals surface area (Å²) in [6.07, 6.45) is 1.98. The Morgan fingerprint density at radius 2 is 1.23 bits per heavy atom. The van der Waals surface area contributed by atoms with Crippen molar-refractivity contribution in [2.45, 2.75) is 59.3 Å². The van der Waals surface area contributed by atoms with Gasteiger partial charge in [0.25, 0.3) is 0 Å². The van der Waals surface area contributed by atoms with E-state index in [-0.39, 0.29) is 37.6 Å². The molecule has 0 amide bonds. The molecule has 0 aliphatic heterocycles. The number of para-hydroxylation sites is 1. The first kappa shape index (κ1) is 41.6. The summed E-state index contributed by atoms with van der Waals surface area (Å²) in [5, 5.41) is 14.4. The molecule has 0 atom stereocenters. The van der Waals surface area contributed by atoms with Crippen LogP contribution in [0.3, 0.4) is 0 Å². The summed E-state index contributed by atoms with van der Waals surface area (Å²) >= 11 is 0. The van der Waals surface area contributed by atoms with Crippen LogP contribution in [0.15, 0.2) is 152 Å². The Morgan fingerprint density at radius 3 is 1.97 bits per heavy atom. The number of phenols is 1. The smallest absolute Gasteiger partial charge is 0.143 e. The van der Waals surface area contributed by atoms with Gasteiger partial charge >= 0.3 is 0 Å². The zero-order valence-corrected chi connectivity index (χ0v) is 38.3. The summed E-state index contributed by atoms with van der Waals surface area (Å²) in [4.78, 5) is 10.4. The molecule has 0 radical (unpaired) electrons. The molecule has 0 aliphatic rings. The minimum absolute atomic E-state index is 0. The average molecular weight is 976 g/mol. The SMILES string of the molecule is Cc1cnc(-c2[c-]c(-c3cccc4c3nc(-c3cc(C(C)(C)C)cc(C(C)(C)C)c3O)n4C)cc(-c3cccc(-c4ccccc4)c3)c2)cc1-c1ccc2ccccc2c1.[Pt]. The van der Waals surface area contributed by atoms with Crippen molar-refractivity contribution >= 4 is 21.8 Å². The summed E-state index contributed by atoms with van der Waals surface area (Å²) in [7, 11) is 2.04. The van der Waals surface area contributed by atoms with Crippen molar-refractivity contribution < 1.29 is 26.2 Å². The van der Waals surface area contributed by atoms with Crippen molar-refractivity contribution in [1.82, 2.24) is 14.5 Å². The van der Waals surface area contributed by atoms with Crippen LogP contribution in [0.5, 0.6) is 5.75 Å². The Morgan fingerprint density at radius 1 is 0.557 bits per heavy atom. The molecule has 0 spiro atoms. The maximum atomic E-state index is 11.9. The van der Waals surface area contributed by atoms with Crippen molar-refractivity contribution in [3.63, 3.8) is 0 Å². The second kappa shape index (κ2) is 16.1. The maximum absolute atomic E-state index is 11.9. The van der Waals surface area contributed by atoms with Crippen molar-refractivity contribution in [2.75, 3.05) is 0 Å². The van der Waals surface area contributed by atoms with E-state index < -0.39 is 0 Å². The van der Waals surface area contributed by atoms with Crippen LogP contribution in [-0.2, 0) is 38.9 Å². The molecule has 7 aromatic carbocycles. The minimum atomic E-state index is -0.266. The van der Waals surface area contributed by atoms with Crippen molar-refractivity contribution in [3.05, 3.63) is 175 Å². The van der Waals surface area contributed by atoms with Crippen LogP contribution in [0.25, 0.3) is 89.0 Å². The van der Waals surface area contributed by atoms with Crippen molar-refractivity contribution in [3.8, 4) is 72.9 Å². The van der Waals surface area contributed by atoms with Gasteiger partial charge < -0.3 is 9.67 Å². The van der Waals surface area contributed by atoms with Crippen LogP contribution >= 0.6 is 0 Å². The van der Waals surface area contributed by atoms with Gasteiger partial charge in [-0.3, -0.25) is 4.98 Å². The molecule has 5 heteroatoms. The second-order valence-corrected chi connectivity index (χ2v) is 18.2. The van der Waals surface area contributed by atoms with E-state index in [2.05, 4.69) is 205 Å². The van der Waals surface area contributed by atoms with E-state index in [4.69, 9.17) is 9.97 Å². The molecule has 2 heterocycles. The summed E-state index contributed by atoms with van der Waals surface area (Å²) in [5.74, 6) is 0.996. The molecule has 0 bridgehead atoms. The molecule has 0 saturated carbocycles. The summed E-state index contributed by atoms with van der Waals surface area (Å²) in [6.45, 7) is 15.2. The van der Waals surface area contributed by atoms with Crippen LogP contribution in [0, 0.1) is 13.0 Å². The molecule has 4 nitrogen and oxygen atoms in total. The monoisotopic (exact) mass is 975 g/mol. The third-order valence-corrected chi connectivity index (χ3v) is 11.8. The second-order valence-electron chi connectivity index (χ2n) is 18.2. The van der Waals surface area contributed by atoms with Gasteiger partial charge in [0.15, 0.2) is 0 Å². The van der Waals surface area contributed by atoms with Crippen LogP contribution in [0.1, 0.15) is 58.2 Å². The van der Waals surface area contributed by atoms with Crippen molar-refractivity contribution in [1.29, 1.82) is 0 Å². The Bertz CT molecular complexity index is 3090. The summed E-state index contributed by atoms with van der Waals surface area (Å²) in [5.41, 5.74) is 15.7. The van der Waals surface area contributed by atoms with Gasteiger partial charge in [0.05, 0.1) is 16.6 Å². The standard InChI is InChI=1S/C56H50N3O.Pt/c1-35-34-57-50(33-47(35)41-25-24-37-18-12-13-19-38(37)27-41)44-29-42(40-21-14-20-39(26-40)36-16-10-9-11-17-36)28-43(30-44)46-22-15-23-51-52(46)58-54(59(51)8)48-31-45(55(2,3)4)32-49(53(48)60)56(5,6)7;/h9-29,31-34,60H,1-8H3;/q-1;. The van der Waals surface area contributed by atoms with Gasteiger partial charge in [0.2, 0.25) is 0 Å². The molecular formula is C56H50N3OPt-. The van der Waals surface area contributed by atoms with Gasteiger partial charge in [0, 0.05) is 45.6 Å². The molecule has 2 aromatic heterocycles. The van der Waals surface area contributed by atoms with Gasteiger partial charge in [-0.1, -0.05) is 167 Å². The number of hydrogen-bond acceptors (Lipinski definition) is 3. The number of fused-ring (bicyclic) bond motifs is 2. The molecule has 9 rings (SSSR count). The zero-order chi connectivity index (χ0) is 41.9. The molecule has 0 saturated heterocycles. The van der Waals surface area contributed by atoms with Gasteiger partial charge in [-0.05, 0) is 91.7 Å². The fraction of sp³-hybridized carbons (Fsp3) is 0.179. The molecule has 61 heavy (non-hydrogen) atoms. The van der Waals surface area contributed by atoms with Crippen LogP contribution in [0.4, 0.5) is 0 Å². The number of hydrogen-bond donors (Lipinski definition) is 1. The molecule has 1 N–H and O–H groups in total. The largest absolute Gasteiger partial charge is 0.507 e. The van der Waals surface area contributed by atoms with E-state index in [9.17, 15) is 5.11 Å². The number of phenolic OH excluding ortho intramolecular Hbond substituents is 1. The minimum Gasteiger partial charge on any atom is -0.507 e. The Hall–Kier alpha value is -6.09. The third-order valence-electron chi connectivity index (χ3n) is 11.8. The number of imidazole rings is 1. The Balaban J connectivity index is 0.00000514. The topological polar surface area (TPSA) is 50.9 Å². The van der Waals surface area contributed by atoms with E-state index in [0.717, 1.165) is 89.3 Å². The normalized spacial score (nSPS) is 11.9. The Kier molecular flexibility index (Phi) is 11.0. The number of aromatic nitrogens is 3. The number of benzene rings is 7. The summed E-state index contributed by atoms with van der Waals surface area (Å²) in [6, 6.07) is 55.5. The number of nitrogens with zero attached hydrogens (tertiary/aromatic N) is 3. The number of pyridine rings is 1. The molecule has 0 fully saturated rings. The zero-order valence-electron chi connectivity index (χ0n) is 36.0. The number of rotatable bonds is 6. The fourth-order valence-electron chi connectivity index (χ4n) is 8.35. The first-order valence-electron chi connectivity index (χ1n) is 20.8. The summed E-state index contributed by atoms with van der Waals surface area (Å²) < 4.78 is 2.11. The first-order valence-corrected chi connectivity index (χ1v) is 20.8. The van der Waals surface area contributed by atoms with E-state index in [1.165, 1.54) is 16.3 Å². The first-order chi connectivity index (χ1) is 28.7. The molecule has 0 unspecified atom stereocenters. The van der Waals surface area contributed by atoms with Crippen LogP contribution in [-0.4, -0.2) is 19.6 Å². The van der Waals surface area contributed by atoms with E-state index in [0.29, 0.717) is 0 Å². The Labute approximate surface area is 374 Å². The molecular weight excluding hydrogens is 926 g/mol. The van der Waals surface area contributed by atoms with E-state index in [1.54, 1.807) is 0 Å². The van der Waals surface area contributed by atoms with E-state index in [1.807, 2.05) is 13.2 Å². The predicted molar refractivity (Wildman–Crippen MR) is 251 cm³/mol. The number of aryl methyl sites for hydroxylation is 2. The van der Waals surface area contributed by atoms with Crippen molar-refractivity contribution in [2.24, 2.45) is 7.05 Å². The van der Waals surface area contributed by atoms with Gasteiger partial charge in [-0.15, -0.1) is 23.8 Å². The van der Waals surface area contributed by atoms with Gasteiger partial charge in [-0.2, -0.15) is 0 Å². The van der Waals surface area contributed by atoms with Gasteiger partial charge in [-0.25, -0.2) is 4.98 Å². The van der Waals surface area contributed by atoms with Crippen LogP contribution < -0.4 is 0 Å². The molecule has 9 aromatic rings. The fourth-order valence-corrected chi connectivity index (χ4v) is 8.35. The van der Waals surface area contributed by atoms with Gasteiger partial charge in [0.1, 0.15) is 11.6 Å². The maximum Gasteiger partial charge on any atom is 0.143 e. The average Bonchev–Trinajstić information content (AvgIpc) is 3.58. The van der Waals surface area contributed by atoms with Crippen LogP contribution in [0.2, 0.25) is 0 Å². The van der Waals surface area contributed by atoms with E-state index >= 15 is 0 Å². The third kappa shape index (κ3) is 7.98. The quantitative estimate of drug-likeness (QED) is 0.169. The molecule has 306 valence electrons. The number of aromatic hydroxyl groups is 1. The molecule has 0 aliphatic carbocycles.